The van der Waals surface area contributed by atoms with E-state index < -0.39 is 17.3 Å². The van der Waals surface area contributed by atoms with Crippen molar-refractivity contribution in [3.05, 3.63) is 0 Å². The molecule has 0 radical (unpaired) electrons. The molecule has 2 atom stereocenters. The first-order chi connectivity index (χ1) is 6.49. The van der Waals surface area contributed by atoms with Gasteiger partial charge in [-0.05, 0) is 26.2 Å². The van der Waals surface area contributed by atoms with Crippen molar-refractivity contribution >= 4 is 11.9 Å². The van der Waals surface area contributed by atoms with Crippen LogP contribution in [0.5, 0.6) is 0 Å². The largest absolute Gasteiger partial charge is 0.481 e. The smallest absolute Gasteiger partial charge is 0.311 e. The predicted molar refractivity (Wildman–Crippen MR) is 49.7 cm³/mol. The lowest BCUT2D eigenvalue weighted by molar-refractivity contribution is -0.157. The molecule has 1 aliphatic rings. The van der Waals surface area contributed by atoms with Crippen molar-refractivity contribution in [2.75, 3.05) is 7.11 Å². The molecule has 0 saturated heterocycles. The Balaban J connectivity index is 2.71. The van der Waals surface area contributed by atoms with Gasteiger partial charge in [0.25, 0.3) is 0 Å². The molecule has 0 heterocycles. The summed E-state index contributed by atoms with van der Waals surface area (Å²) in [6.07, 6.45) is 2.57. The number of aliphatic carboxylic acids is 1. The minimum atomic E-state index is -0.806. The van der Waals surface area contributed by atoms with Gasteiger partial charge in [-0.3, -0.25) is 9.59 Å². The zero-order valence-electron chi connectivity index (χ0n) is 8.58. The predicted octanol–water partition coefficient (Wildman–Crippen LogP) is 1.44. The summed E-state index contributed by atoms with van der Waals surface area (Å²) in [6.45, 7) is 1.79. The highest BCUT2D eigenvalue weighted by molar-refractivity contribution is 5.78. The van der Waals surface area contributed by atoms with Gasteiger partial charge in [-0.2, -0.15) is 0 Å². The monoisotopic (exact) mass is 200 g/mol. The third-order valence-electron chi connectivity index (χ3n) is 3.01. The highest BCUT2D eigenvalue weighted by Gasteiger charge is 2.41. The van der Waals surface area contributed by atoms with Crippen molar-refractivity contribution in [2.24, 2.45) is 11.3 Å². The van der Waals surface area contributed by atoms with Crippen LogP contribution in [0.2, 0.25) is 0 Å². The van der Waals surface area contributed by atoms with Crippen LogP contribution in [0.25, 0.3) is 0 Å². The zero-order chi connectivity index (χ0) is 10.8. The van der Waals surface area contributed by atoms with E-state index in [9.17, 15) is 9.59 Å². The molecule has 1 N–H and O–H groups in total. The average Bonchev–Trinajstić information content (AvgIpc) is 2.16. The summed E-state index contributed by atoms with van der Waals surface area (Å²) in [5.74, 6) is -1.49. The van der Waals surface area contributed by atoms with Gasteiger partial charge in [-0.15, -0.1) is 0 Å². The third-order valence-corrected chi connectivity index (χ3v) is 3.01. The van der Waals surface area contributed by atoms with Crippen LogP contribution in [0, 0.1) is 11.3 Å². The van der Waals surface area contributed by atoms with E-state index in [1.54, 1.807) is 6.92 Å². The quantitative estimate of drug-likeness (QED) is 0.685. The zero-order valence-corrected chi connectivity index (χ0v) is 8.58. The topological polar surface area (TPSA) is 63.6 Å². The number of carbonyl (C=O) groups is 2. The van der Waals surface area contributed by atoms with Gasteiger partial charge >= 0.3 is 11.9 Å². The van der Waals surface area contributed by atoms with Crippen LogP contribution in [0.4, 0.5) is 0 Å². The van der Waals surface area contributed by atoms with E-state index in [-0.39, 0.29) is 5.97 Å². The minimum Gasteiger partial charge on any atom is -0.481 e. The van der Waals surface area contributed by atoms with Gasteiger partial charge in [0.2, 0.25) is 0 Å². The molecule has 1 fully saturated rings. The number of ether oxygens (including phenoxy) is 1. The van der Waals surface area contributed by atoms with Crippen molar-refractivity contribution in [3.63, 3.8) is 0 Å². The number of hydrogen-bond donors (Lipinski definition) is 1. The number of carboxylic acid groups (broad SMARTS) is 1. The van der Waals surface area contributed by atoms with Crippen molar-refractivity contribution in [1.29, 1.82) is 0 Å². The number of hydrogen-bond acceptors (Lipinski definition) is 3. The molecule has 80 valence electrons. The second kappa shape index (κ2) is 3.98. The Morgan fingerprint density at radius 2 is 2.14 bits per heavy atom. The maximum atomic E-state index is 11.4. The Morgan fingerprint density at radius 1 is 1.50 bits per heavy atom. The Labute approximate surface area is 83.2 Å². The van der Waals surface area contributed by atoms with Crippen LogP contribution >= 0.6 is 0 Å². The lowest BCUT2D eigenvalue weighted by Gasteiger charge is -2.33. The average molecular weight is 200 g/mol. The van der Waals surface area contributed by atoms with Crippen molar-refractivity contribution in [2.45, 2.75) is 32.6 Å². The van der Waals surface area contributed by atoms with E-state index in [0.717, 1.165) is 12.8 Å². The van der Waals surface area contributed by atoms with Gasteiger partial charge in [0.05, 0.1) is 18.4 Å². The summed E-state index contributed by atoms with van der Waals surface area (Å²) in [5.41, 5.74) is -0.601. The van der Waals surface area contributed by atoms with E-state index in [0.29, 0.717) is 12.8 Å². The van der Waals surface area contributed by atoms with Crippen molar-refractivity contribution in [3.8, 4) is 0 Å². The fourth-order valence-electron chi connectivity index (χ4n) is 2.13. The molecule has 0 aliphatic heterocycles. The number of carboxylic acids is 1. The van der Waals surface area contributed by atoms with E-state index >= 15 is 0 Å². The van der Waals surface area contributed by atoms with E-state index in [1.807, 2.05) is 0 Å². The Bertz CT molecular complexity index is 249. The van der Waals surface area contributed by atoms with Gasteiger partial charge in [0.1, 0.15) is 0 Å². The molecule has 4 nitrogen and oxygen atoms in total. The molecule has 4 heteroatoms. The summed E-state index contributed by atoms with van der Waals surface area (Å²) < 4.78 is 4.69. The minimum absolute atomic E-state index is 0.288. The molecule has 0 spiro atoms. The summed E-state index contributed by atoms with van der Waals surface area (Å²) in [4.78, 5) is 22.2. The Kier molecular flexibility index (Phi) is 3.13. The molecular weight excluding hydrogens is 184 g/mol. The second-order valence-electron chi connectivity index (χ2n) is 4.18. The molecule has 1 saturated carbocycles. The van der Waals surface area contributed by atoms with E-state index in [1.165, 1.54) is 7.11 Å². The Hall–Kier alpha value is -1.06. The van der Waals surface area contributed by atoms with Gasteiger partial charge in [0.15, 0.2) is 0 Å². The lowest BCUT2D eigenvalue weighted by atomic mass is 9.71. The summed E-state index contributed by atoms with van der Waals surface area (Å²) in [6, 6.07) is 0. The van der Waals surface area contributed by atoms with E-state index in [4.69, 9.17) is 5.11 Å². The van der Waals surface area contributed by atoms with Gasteiger partial charge < -0.3 is 9.84 Å². The fourth-order valence-corrected chi connectivity index (χ4v) is 2.13. The molecule has 0 bridgehead atoms. The summed E-state index contributed by atoms with van der Waals surface area (Å²) >= 11 is 0. The van der Waals surface area contributed by atoms with Gasteiger partial charge in [-0.25, -0.2) is 0 Å². The summed E-state index contributed by atoms with van der Waals surface area (Å²) in [5, 5.41) is 8.87. The number of rotatable bonds is 2. The molecule has 0 amide bonds. The molecule has 0 aromatic carbocycles. The van der Waals surface area contributed by atoms with Gasteiger partial charge in [-0.1, -0.05) is 6.42 Å². The van der Waals surface area contributed by atoms with Crippen LogP contribution in [-0.4, -0.2) is 24.2 Å². The first-order valence-corrected chi connectivity index (χ1v) is 4.81. The summed E-state index contributed by atoms with van der Waals surface area (Å²) in [7, 11) is 1.35. The maximum absolute atomic E-state index is 11.4. The van der Waals surface area contributed by atoms with Crippen LogP contribution in [0.3, 0.4) is 0 Å². The lowest BCUT2D eigenvalue weighted by Crippen LogP contribution is -2.37. The van der Waals surface area contributed by atoms with Crippen LogP contribution < -0.4 is 0 Å². The third kappa shape index (κ3) is 2.05. The normalized spacial score (nSPS) is 32.3. The van der Waals surface area contributed by atoms with Crippen LogP contribution in [0.1, 0.15) is 32.6 Å². The molecule has 0 unspecified atom stereocenters. The van der Waals surface area contributed by atoms with Gasteiger partial charge in [0, 0.05) is 0 Å². The second-order valence-corrected chi connectivity index (χ2v) is 4.18. The first-order valence-electron chi connectivity index (χ1n) is 4.81. The van der Waals surface area contributed by atoms with Crippen molar-refractivity contribution < 1.29 is 19.4 Å². The highest BCUT2D eigenvalue weighted by atomic mass is 16.5. The highest BCUT2D eigenvalue weighted by Crippen LogP contribution is 2.40. The van der Waals surface area contributed by atoms with Crippen LogP contribution in [0.15, 0.2) is 0 Å². The fraction of sp³-hybridized carbons (Fsp3) is 0.800. The standard InChI is InChI=1S/C10H16O4/c1-10(9(13)14-2)5-3-4-7(6-10)8(11)12/h7H,3-6H2,1-2H3,(H,11,12)/t7-,10+/m0/s1. The van der Waals surface area contributed by atoms with E-state index in [2.05, 4.69) is 4.74 Å². The van der Waals surface area contributed by atoms with Crippen molar-refractivity contribution in [1.82, 2.24) is 0 Å². The molecular formula is C10H16O4. The maximum Gasteiger partial charge on any atom is 0.311 e. The molecule has 1 aliphatic carbocycles. The van der Waals surface area contributed by atoms with Crippen LogP contribution in [-0.2, 0) is 14.3 Å². The number of esters is 1. The molecule has 1 rings (SSSR count). The number of methoxy groups -OCH3 is 1. The molecule has 14 heavy (non-hydrogen) atoms. The molecule has 0 aromatic rings. The first kappa shape index (κ1) is 11.0. The SMILES string of the molecule is COC(=O)[C@]1(C)CCC[C@H](C(=O)O)C1. The Morgan fingerprint density at radius 3 is 2.64 bits per heavy atom. The molecule has 0 aromatic heterocycles. The number of carbonyl (C=O) groups excluding carboxylic acids is 1.